The highest BCUT2D eigenvalue weighted by molar-refractivity contribution is 5.63. The summed E-state index contributed by atoms with van der Waals surface area (Å²) in [7, 11) is 0. The fraction of sp³-hybridized carbons (Fsp3) is 0.556. The Labute approximate surface area is 88.2 Å². The molecule has 6 nitrogen and oxygen atoms in total. The van der Waals surface area contributed by atoms with Crippen LogP contribution in [0.3, 0.4) is 0 Å². The number of hydrogen-bond acceptors (Lipinski definition) is 6. The van der Waals surface area contributed by atoms with Gasteiger partial charge in [0, 0.05) is 13.1 Å². The monoisotopic (exact) mass is 209 g/mol. The standard InChI is InChI=1S/C9H15N5O/c1-6-7(10)8(11)13-9(12-6)14-2-4-15-5-3-14/h2-5,10H2,1H3,(H2,11,12,13). The maximum Gasteiger partial charge on any atom is 0.227 e. The van der Waals surface area contributed by atoms with E-state index >= 15 is 0 Å². The van der Waals surface area contributed by atoms with Crippen molar-refractivity contribution in [3.05, 3.63) is 5.69 Å². The number of nitrogen functional groups attached to an aromatic ring is 2. The SMILES string of the molecule is Cc1nc(N2CCOCC2)nc(N)c1N. The van der Waals surface area contributed by atoms with Crippen LogP contribution < -0.4 is 16.4 Å². The van der Waals surface area contributed by atoms with E-state index in [1.165, 1.54) is 0 Å². The molecule has 1 aliphatic rings. The van der Waals surface area contributed by atoms with Crippen molar-refractivity contribution in [1.29, 1.82) is 0 Å². The van der Waals surface area contributed by atoms with E-state index in [4.69, 9.17) is 16.2 Å². The molecule has 82 valence electrons. The number of rotatable bonds is 1. The van der Waals surface area contributed by atoms with Gasteiger partial charge in [0.1, 0.15) is 0 Å². The molecule has 1 aliphatic heterocycles. The molecule has 1 saturated heterocycles. The maximum atomic E-state index is 5.69. The summed E-state index contributed by atoms with van der Waals surface area (Å²) in [6, 6.07) is 0. The number of nitrogens with zero attached hydrogens (tertiary/aromatic N) is 3. The zero-order valence-electron chi connectivity index (χ0n) is 8.73. The molecule has 0 atom stereocenters. The zero-order chi connectivity index (χ0) is 10.8. The maximum absolute atomic E-state index is 5.69. The molecule has 1 fully saturated rings. The molecule has 1 aromatic heterocycles. The lowest BCUT2D eigenvalue weighted by atomic mass is 10.3. The molecule has 0 saturated carbocycles. The van der Waals surface area contributed by atoms with Gasteiger partial charge in [0.25, 0.3) is 0 Å². The minimum absolute atomic E-state index is 0.351. The second-order valence-electron chi connectivity index (χ2n) is 3.51. The molecule has 0 aromatic carbocycles. The summed E-state index contributed by atoms with van der Waals surface area (Å²) < 4.78 is 5.25. The van der Waals surface area contributed by atoms with Crippen LogP contribution in [0.25, 0.3) is 0 Å². The summed E-state index contributed by atoms with van der Waals surface area (Å²) in [5.41, 5.74) is 12.6. The van der Waals surface area contributed by atoms with E-state index in [2.05, 4.69) is 9.97 Å². The second kappa shape index (κ2) is 3.90. The van der Waals surface area contributed by atoms with Crippen molar-refractivity contribution in [3.63, 3.8) is 0 Å². The summed E-state index contributed by atoms with van der Waals surface area (Å²) >= 11 is 0. The summed E-state index contributed by atoms with van der Waals surface area (Å²) in [6.45, 7) is 4.82. The highest BCUT2D eigenvalue weighted by Gasteiger charge is 2.15. The van der Waals surface area contributed by atoms with E-state index in [-0.39, 0.29) is 0 Å². The lowest BCUT2D eigenvalue weighted by molar-refractivity contribution is 0.122. The molecule has 15 heavy (non-hydrogen) atoms. The Hall–Kier alpha value is -1.56. The minimum atomic E-state index is 0.351. The Kier molecular flexibility index (Phi) is 2.59. The first-order valence-electron chi connectivity index (χ1n) is 4.91. The lowest BCUT2D eigenvalue weighted by Crippen LogP contribution is -2.37. The predicted molar refractivity (Wildman–Crippen MR) is 58.6 cm³/mol. The molecule has 2 heterocycles. The van der Waals surface area contributed by atoms with Gasteiger partial charge in [0.05, 0.1) is 24.6 Å². The van der Waals surface area contributed by atoms with Gasteiger partial charge in [-0.25, -0.2) is 4.98 Å². The molecular weight excluding hydrogens is 194 g/mol. The van der Waals surface area contributed by atoms with Crippen molar-refractivity contribution < 1.29 is 4.74 Å². The molecule has 0 unspecified atom stereocenters. The number of hydrogen-bond donors (Lipinski definition) is 2. The van der Waals surface area contributed by atoms with Crippen LogP contribution in [0.1, 0.15) is 5.69 Å². The van der Waals surface area contributed by atoms with E-state index in [1.54, 1.807) is 0 Å². The third-order valence-electron chi connectivity index (χ3n) is 2.45. The van der Waals surface area contributed by atoms with Crippen LogP contribution in [0.15, 0.2) is 0 Å². The van der Waals surface area contributed by atoms with Crippen molar-refractivity contribution >= 4 is 17.5 Å². The third-order valence-corrected chi connectivity index (χ3v) is 2.45. The van der Waals surface area contributed by atoms with Crippen molar-refractivity contribution in [2.45, 2.75) is 6.92 Å². The third kappa shape index (κ3) is 1.94. The van der Waals surface area contributed by atoms with Gasteiger partial charge in [-0.1, -0.05) is 0 Å². The predicted octanol–water partition coefficient (Wildman–Crippen LogP) is -0.214. The number of morpholine rings is 1. The van der Waals surface area contributed by atoms with Crippen LogP contribution in [-0.4, -0.2) is 36.3 Å². The Bertz CT molecular complexity index is 339. The van der Waals surface area contributed by atoms with Crippen LogP contribution in [0, 0.1) is 6.92 Å². The lowest BCUT2D eigenvalue weighted by Gasteiger charge is -2.27. The fourth-order valence-electron chi connectivity index (χ4n) is 1.49. The van der Waals surface area contributed by atoms with Crippen LogP contribution in [0.2, 0.25) is 0 Å². The Balaban J connectivity index is 2.27. The molecule has 0 aliphatic carbocycles. The smallest absolute Gasteiger partial charge is 0.227 e. The van der Waals surface area contributed by atoms with Gasteiger partial charge >= 0.3 is 0 Å². The molecule has 6 heteroatoms. The minimum Gasteiger partial charge on any atom is -0.394 e. The molecule has 0 amide bonds. The number of aryl methyl sites for hydroxylation is 1. The summed E-state index contributed by atoms with van der Waals surface area (Å²) in [6.07, 6.45) is 0. The first-order valence-corrected chi connectivity index (χ1v) is 4.91. The molecule has 2 rings (SSSR count). The van der Waals surface area contributed by atoms with Gasteiger partial charge in [-0.15, -0.1) is 0 Å². The van der Waals surface area contributed by atoms with E-state index in [0.717, 1.165) is 18.8 Å². The van der Waals surface area contributed by atoms with Gasteiger partial charge in [-0.05, 0) is 6.92 Å². The van der Waals surface area contributed by atoms with E-state index < -0.39 is 0 Å². The zero-order valence-corrected chi connectivity index (χ0v) is 8.73. The summed E-state index contributed by atoms with van der Waals surface area (Å²) in [5, 5.41) is 0. The Morgan fingerprint density at radius 2 is 1.87 bits per heavy atom. The average Bonchev–Trinajstić information content (AvgIpc) is 2.26. The van der Waals surface area contributed by atoms with Crippen LogP contribution in [0.5, 0.6) is 0 Å². The number of aromatic nitrogens is 2. The van der Waals surface area contributed by atoms with E-state index in [1.807, 2.05) is 11.8 Å². The van der Waals surface area contributed by atoms with Crippen molar-refractivity contribution in [2.24, 2.45) is 0 Å². The number of nitrogens with two attached hydrogens (primary N) is 2. The van der Waals surface area contributed by atoms with Gasteiger partial charge in [-0.2, -0.15) is 4.98 Å². The first-order chi connectivity index (χ1) is 7.18. The van der Waals surface area contributed by atoms with Crippen LogP contribution >= 0.6 is 0 Å². The number of ether oxygens (including phenoxy) is 1. The molecule has 0 bridgehead atoms. The van der Waals surface area contributed by atoms with Crippen LogP contribution in [-0.2, 0) is 4.74 Å². The molecule has 1 aromatic rings. The van der Waals surface area contributed by atoms with Gasteiger partial charge in [-0.3, -0.25) is 0 Å². The molecule has 0 spiro atoms. The Morgan fingerprint density at radius 1 is 1.20 bits per heavy atom. The topological polar surface area (TPSA) is 90.3 Å². The summed E-state index contributed by atoms with van der Waals surface area (Å²) in [5.74, 6) is 0.992. The van der Waals surface area contributed by atoms with Gasteiger partial charge in [0.15, 0.2) is 5.82 Å². The van der Waals surface area contributed by atoms with Gasteiger partial charge in [0.2, 0.25) is 5.95 Å². The summed E-state index contributed by atoms with van der Waals surface area (Å²) in [4.78, 5) is 10.5. The van der Waals surface area contributed by atoms with Crippen molar-refractivity contribution in [3.8, 4) is 0 Å². The largest absolute Gasteiger partial charge is 0.394 e. The fourth-order valence-corrected chi connectivity index (χ4v) is 1.49. The van der Waals surface area contributed by atoms with Crippen molar-refractivity contribution in [2.75, 3.05) is 42.7 Å². The molecule has 4 N–H and O–H groups in total. The highest BCUT2D eigenvalue weighted by Crippen LogP contribution is 2.19. The first kappa shape index (κ1) is 9.97. The van der Waals surface area contributed by atoms with Crippen molar-refractivity contribution in [1.82, 2.24) is 9.97 Å². The van der Waals surface area contributed by atoms with E-state index in [0.29, 0.717) is 30.7 Å². The number of anilines is 3. The van der Waals surface area contributed by atoms with Crippen LogP contribution in [0.4, 0.5) is 17.5 Å². The average molecular weight is 209 g/mol. The second-order valence-corrected chi connectivity index (χ2v) is 3.51. The van der Waals surface area contributed by atoms with E-state index in [9.17, 15) is 0 Å². The quantitative estimate of drug-likeness (QED) is 0.665. The molecular formula is C9H15N5O. The highest BCUT2D eigenvalue weighted by atomic mass is 16.5. The molecule has 0 radical (unpaired) electrons. The van der Waals surface area contributed by atoms with Gasteiger partial charge < -0.3 is 21.1 Å². The Morgan fingerprint density at radius 3 is 2.47 bits per heavy atom. The normalized spacial score (nSPS) is 16.7.